The zero-order valence-corrected chi connectivity index (χ0v) is 10.1. The van der Waals surface area contributed by atoms with Gasteiger partial charge >= 0.3 is 6.03 Å². The van der Waals surface area contributed by atoms with Crippen LogP contribution in [-0.2, 0) is 0 Å². The number of hydrogen-bond donors (Lipinski definition) is 3. The highest BCUT2D eigenvalue weighted by atomic mass is 19.1. The SMILES string of the molecule is CC(C)(CN)CNC(=O)Nc1cccc(F)c1. The molecule has 4 nitrogen and oxygen atoms in total. The van der Waals surface area contributed by atoms with Gasteiger partial charge < -0.3 is 16.4 Å². The molecule has 0 aliphatic heterocycles. The maximum absolute atomic E-state index is 12.9. The van der Waals surface area contributed by atoms with Gasteiger partial charge in [-0.15, -0.1) is 0 Å². The maximum Gasteiger partial charge on any atom is 0.319 e. The summed E-state index contributed by atoms with van der Waals surface area (Å²) >= 11 is 0. The number of amides is 2. The van der Waals surface area contributed by atoms with E-state index in [1.165, 1.54) is 18.2 Å². The molecule has 1 aromatic carbocycles. The molecule has 1 rings (SSSR count). The van der Waals surface area contributed by atoms with Crippen LogP contribution in [0.15, 0.2) is 24.3 Å². The average molecular weight is 239 g/mol. The van der Waals surface area contributed by atoms with Gasteiger partial charge in [0.1, 0.15) is 5.82 Å². The van der Waals surface area contributed by atoms with E-state index >= 15 is 0 Å². The number of urea groups is 1. The fourth-order valence-electron chi connectivity index (χ4n) is 1.13. The smallest absolute Gasteiger partial charge is 0.319 e. The molecular formula is C12H18FN3O. The molecule has 94 valence electrons. The second-order valence-electron chi connectivity index (χ2n) is 4.69. The van der Waals surface area contributed by atoms with E-state index in [-0.39, 0.29) is 17.3 Å². The average Bonchev–Trinajstić information content (AvgIpc) is 2.27. The molecule has 0 aromatic heterocycles. The number of nitrogens with two attached hydrogens (primary N) is 1. The minimum absolute atomic E-state index is 0.153. The number of carbonyl (C=O) groups is 1. The van der Waals surface area contributed by atoms with Crippen LogP contribution in [0.5, 0.6) is 0 Å². The Morgan fingerprint density at radius 3 is 2.76 bits per heavy atom. The summed E-state index contributed by atoms with van der Waals surface area (Å²) in [5.74, 6) is -0.384. The first kappa shape index (κ1) is 13.4. The fourth-order valence-corrected chi connectivity index (χ4v) is 1.13. The molecule has 2 amide bonds. The van der Waals surface area contributed by atoms with Crippen LogP contribution in [0.2, 0.25) is 0 Å². The maximum atomic E-state index is 12.9. The zero-order valence-electron chi connectivity index (χ0n) is 10.1. The van der Waals surface area contributed by atoms with Crippen molar-refractivity contribution in [1.82, 2.24) is 5.32 Å². The van der Waals surface area contributed by atoms with E-state index in [0.717, 1.165) is 0 Å². The molecular weight excluding hydrogens is 221 g/mol. The number of nitrogens with one attached hydrogen (secondary N) is 2. The molecule has 4 N–H and O–H groups in total. The number of hydrogen-bond acceptors (Lipinski definition) is 2. The van der Waals surface area contributed by atoms with Crippen LogP contribution < -0.4 is 16.4 Å². The molecule has 0 fully saturated rings. The molecule has 0 heterocycles. The molecule has 0 spiro atoms. The summed E-state index contributed by atoms with van der Waals surface area (Å²) in [5.41, 5.74) is 5.81. The Morgan fingerprint density at radius 1 is 1.47 bits per heavy atom. The quantitative estimate of drug-likeness (QED) is 0.751. The van der Waals surface area contributed by atoms with Crippen LogP contribution >= 0.6 is 0 Å². The largest absolute Gasteiger partial charge is 0.337 e. The second kappa shape index (κ2) is 5.63. The predicted molar refractivity (Wildman–Crippen MR) is 66.3 cm³/mol. The summed E-state index contributed by atoms with van der Waals surface area (Å²) in [4.78, 5) is 11.5. The molecule has 17 heavy (non-hydrogen) atoms. The standard InChI is InChI=1S/C12H18FN3O/c1-12(2,7-14)8-15-11(17)16-10-5-3-4-9(13)6-10/h3-6H,7-8,14H2,1-2H3,(H2,15,16,17). The third-order valence-electron chi connectivity index (χ3n) is 2.36. The predicted octanol–water partition coefficient (Wildman–Crippen LogP) is 1.93. The van der Waals surface area contributed by atoms with Gasteiger partial charge in [-0.1, -0.05) is 19.9 Å². The first-order valence-electron chi connectivity index (χ1n) is 5.43. The molecule has 0 aliphatic rings. The summed E-state index contributed by atoms with van der Waals surface area (Å²) < 4.78 is 12.9. The van der Waals surface area contributed by atoms with Gasteiger partial charge in [0.15, 0.2) is 0 Å². The van der Waals surface area contributed by atoms with Gasteiger partial charge in [0.2, 0.25) is 0 Å². The lowest BCUT2D eigenvalue weighted by Crippen LogP contribution is -2.40. The summed E-state index contributed by atoms with van der Waals surface area (Å²) in [6.45, 7) is 4.85. The van der Waals surface area contributed by atoms with Gasteiger partial charge in [-0.3, -0.25) is 0 Å². The van der Waals surface area contributed by atoms with Crippen LogP contribution in [0, 0.1) is 11.2 Å². The van der Waals surface area contributed by atoms with Gasteiger partial charge in [-0.05, 0) is 30.2 Å². The van der Waals surface area contributed by atoms with Crippen molar-refractivity contribution >= 4 is 11.7 Å². The number of halogens is 1. The first-order chi connectivity index (χ1) is 7.93. The lowest BCUT2D eigenvalue weighted by Gasteiger charge is -2.22. The fraction of sp³-hybridized carbons (Fsp3) is 0.417. The van der Waals surface area contributed by atoms with Gasteiger partial charge in [0.25, 0.3) is 0 Å². The van der Waals surface area contributed by atoms with Crippen LogP contribution in [-0.4, -0.2) is 19.1 Å². The van der Waals surface area contributed by atoms with Crippen LogP contribution in [0.25, 0.3) is 0 Å². The molecule has 0 atom stereocenters. The van der Waals surface area contributed by atoms with Crippen LogP contribution in [0.1, 0.15) is 13.8 Å². The Labute approximate surface area is 100 Å². The van der Waals surface area contributed by atoms with E-state index in [9.17, 15) is 9.18 Å². The molecule has 1 aromatic rings. The third-order valence-corrected chi connectivity index (χ3v) is 2.36. The van der Waals surface area contributed by atoms with Gasteiger partial charge in [0, 0.05) is 12.2 Å². The highest BCUT2D eigenvalue weighted by Crippen LogP contribution is 2.11. The van der Waals surface area contributed by atoms with E-state index in [0.29, 0.717) is 18.8 Å². The van der Waals surface area contributed by atoms with Crippen molar-refractivity contribution < 1.29 is 9.18 Å². The van der Waals surface area contributed by atoms with Gasteiger partial charge in [0.05, 0.1) is 0 Å². The first-order valence-corrected chi connectivity index (χ1v) is 5.43. The van der Waals surface area contributed by atoms with Gasteiger partial charge in [-0.25, -0.2) is 9.18 Å². The minimum Gasteiger partial charge on any atom is -0.337 e. The Hall–Kier alpha value is -1.62. The van der Waals surface area contributed by atoms with E-state index in [4.69, 9.17) is 5.73 Å². The summed E-state index contributed by atoms with van der Waals surface area (Å²) in [6, 6.07) is 5.37. The van der Waals surface area contributed by atoms with Crippen molar-refractivity contribution in [2.24, 2.45) is 11.1 Å². The van der Waals surface area contributed by atoms with E-state index in [1.54, 1.807) is 6.07 Å². The summed E-state index contributed by atoms with van der Waals surface area (Å²) in [6.07, 6.45) is 0. The van der Waals surface area contributed by atoms with Crippen molar-refractivity contribution in [3.63, 3.8) is 0 Å². The Kier molecular flexibility index (Phi) is 4.45. The monoisotopic (exact) mass is 239 g/mol. The summed E-state index contributed by atoms with van der Waals surface area (Å²) in [7, 11) is 0. The van der Waals surface area contributed by atoms with Crippen molar-refractivity contribution in [2.75, 3.05) is 18.4 Å². The van der Waals surface area contributed by atoms with E-state index in [2.05, 4.69) is 10.6 Å². The number of anilines is 1. The third kappa shape index (κ3) is 4.82. The molecule has 0 saturated heterocycles. The van der Waals surface area contributed by atoms with Crippen molar-refractivity contribution in [1.29, 1.82) is 0 Å². The molecule has 0 unspecified atom stereocenters. The molecule has 0 saturated carbocycles. The number of benzene rings is 1. The normalized spacial score (nSPS) is 11.1. The molecule has 0 radical (unpaired) electrons. The lowest BCUT2D eigenvalue weighted by atomic mass is 9.94. The number of carbonyl (C=O) groups excluding carboxylic acids is 1. The zero-order chi connectivity index (χ0) is 12.9. The van der Waals surface area contributed by atoms with E-state index < -0.39 is 0 Å². The van der Waals surface area contributed by atoms with Crippen LogP contribution in [0.4, 0.5) is 14.9 Å². The second-order valence-corrected chi connectivity index (χ2v) is 4.69. The highest BCUT2D eigenvalue weighted by molar-refractivity contribution is 5.89. The van der Waals surface area contributed by atoms with Crippen molar-refractivity contribution in [3.05, 3.63) is 30.1 Å². The van der Waals surface area contributed by atoms with Crippen molar-refractivity contribution in [2.45, 2.75) is 13.8 Å². The molecule has 0 aliphatic carbocycles. The molecule has 0 bridgehead atoms. The molecule has 5 heteroatoms. The Balaban J connectivity index is 2.45. The Morgan fingerprint density at radius 2 is 2.18 bits per heavy atom. The van der Waals surface area contributed by atoms with Crippen molar-refractivity contribution in [3.8, 4) is 0 Å². The topological polar surface area (TPSA) is 67.1 Å². The highest BCUT2D eigenvalue weighted by Gasteiger charge is 2.16. The number of rotatable bonds is 4. The van der Waals surface area contributed by atoms with Gasteiger partial charge in [-0.2, -0.15) is 0 Å². The van der Waals surface area contributed by atoms with Crippen LogP contribution in [0.3, 0.4) is 0 Å². The summed E-state index contributed by atoms with van der Waals surface area (Å²) in [5, 5.41) is 5.24. The Bertz CT molecular complexity index is 393. The lowest BCUT2D eigenvalue weighted by molar-refractivity contribution is 0.245. The van der Waals surface area contributed by atoms with E-state index in [1.807, 2.05) is 13.8 Å². The minimum atomic E-state index is -0.384.